The topological polar surface area (TPSA) is 93.7 Å². The first-order valence-electron chi connectivity index (χ1n) is 8.38. The Morgan fingerprint density at radius 3 is 2.44 bits per heavy atom. The highest BCUT2D eigenvalue weighted by Gasteiger charge is 2.26. The van der Waals surface area contributed by atoms with E-state index >= 15 is 0 Å². The third-order valence-corrected chi connectivity index (χ3v) is 5.06. The monoisotopic (exact) mass is 390 g/mol. The van der Waals surface area contributed by atoms with Gasteiger partial charge in [-0.25, -0.2) is 4.79 Å². The summed E-state index contributed by atoms with van der Waals surface area (Å²) in [6.45, 7) is 4.12. The Balaban J connectivity index is 2.41. The first kappa shape index (κ1) is 20.4. The van der Waals surface area contributed by atoms with Crippen LogP contribution in [0.4, 0.5) is 5.00 Å². The van der Waals surface area contributed by atoms with E-state index in [9.17, 15) is 14.4 Å². The maximum Gasteiger partial charge on any atom is 0.341 e. The second kappa shape index (κ2) is 9.18. The van der Waals surface area contributed by atoms with E-state index in [1.54, 1.807) is 31.2 Å². The van der Waals surface area contributed by atoms with Gasteiger partial charge in [0.1, 0.15) is 10.8 Å². The molecule has 0 aliphatic heterocycles. The number of benzene rings is 1. The maximum absolute atomic E-state index is 12.7. The minimum atomic E-state index is -0.617. The molecule has 27 heavy (non-hydrogen) atoms. The van der Waals surface area contributed by atoms with Gasteiger partial charge in [-0.3, -0.25) is 9.59 Å². The fourth-order valence-corrected chi connectivity index (χ4v) is 3.59. The molecule has 0 saturated heterocycles. The van der Waals surface area contributed by atoms with Crippen molar-refractivity contribution in [3.05, 3.63) is 45.8 Å². The van der Waals surface area contributed by atoms with Gasteiger partial charge in [0, 0.05) is 6.54 Å². The van der Waals surface area contributed by atoms with Crippen molar-refractivity contribution in [3.63, 3.8) is 0 Å². The number of nitrogens with one attached hydrogen (secondary N) is 2. The first-order chi connectivity index (χ1) is 12.9. The molecule has 7 nitrogen and oxygen atoms in total. The highest BCUT2D eigenvalue weighted by atomic mass is 32.1. The fourth-order valence-electron chi connectivity index (χ4n) is 2.49. The number of ether oxygens (including phenoxy) is 2. The Bertz CT molecular complexity index is 860. The van der Waals surface area contributed by atoms with Crippen LogP contribution in [0.1, 0.15) is 49.3 Å². The summed E-state index contributed by atoms with van der Waals surface area (Å²) in [5.74, 6) is -0.945. The highest BCUT2D eigenvalue weighted by molar-refractivity contribution is 7.18. The summed E-state index contributed by atoms with van der Waals surface area (Å²) in [6.07, 6.45) is 0.789. The molecule has 0 saturated carbocycles. The van der Waals surface area contributed by atoms with Gasteiger partial charge < -0.3 is 20.1 Å². The van der Waals surface area contributed by atoms with Gasteiger partial charge in [-0.15, -0.1) is 11.3 Å². The molecule has 0 aliphatic carbocycles. The Kier molecular flexibility index (Phi) is 6.95. The zero-order valence-corrected chi connectivity index (χ0v) is 16.5. The summed E-state index contributed by atoms with van der Waals surface area (Å²) in [5, 5.41) is 5.75. The summed E-state index contributed by atoms with van der Waals surface area (Å²) >= 11 is 1.04. The molecule has 0 bridgehead atoms. The average molecular weight is 390 g/mol. The number of carbonyl (C=O) groups is 3. The van der Waals surface area contributed by atoms with E-state index in [2.05, 4.69) is 10.6 Å². The predicted octanol–water partition coefficient (Wildman–Crippen LogP) is 3.24. The molecular weight excluding hydrogens is 368 g/mol. The van der Waals surface area contributed by atoms with Gasteiger partial charge in [-0.05, 0) is 31.0 Å². The molecule has 0 radical (unpaired) electrons. The number of amides is 2. The second-order valence-electron chi connectivity index (χ2n) is 5.66. The molecule has 0 unspecified atom stereocenters. The maximum atomic E-state index is 12.7. The van der Waals surface area contributed by atoms with E-state index in [4.69, 9.17) is 9.47 Å². The SMILES string of the molecule is CCCNC(=O)c1sc(NC(=O)c2ccccc2OC)c(C(=O)OC)c1C. The van der Waals surface area contributed by atoms with Crippen LogP contribution in [0.5, 0.6) is 5.75 Å². The van der Waals surface area contributed by atoms with Crippen molar-refractivity contribution >= 4 is 34.1 Å². The van der Waals surface area contributed by atoms with Crippen molar-refractivity contribution < 1.29 is 23.9 Å². The van der Waals surface area contributed by atoms with Crippen molar-refractivity contribution in [2.24, 2.45) is 0 Å². The van der Waals surface area contributed by atoms with Crippen LogP contribution >= 0.6 is 11.3 Å². The van der Waals surface area contributed by atoms with Crippen LogP contribution in [-0.2, 0) is 4.74 Å². The Morgan fingerprint density at radius 2 is 1.81 bits per heavy atom. The third kappa shape index (κ3) is 4.46. The number of methoxy groups -OCH3 is 2. The molecule has 8 heteroatoms. The standard InChI is InChI=1S/C19H22N2O5S/c1-5-10-20-17(23)15-11(2)14(19(24)26-4)18(27-15)21-16(22)12-8-6-7-9-13(12)25-3/h6-9H,5,10H2,1-4H3,(H,20,23)(H,21,22). The lowest BCUT2D eigenvalue weighted by atomic mass is 10.1. The molecule has 0 spiro atoms. The quantitative estimate of drug-likeness (QED) is 0.708. The molecular formula is C19H22N2O5S. The molecule has 0 atom stereocenters. The first-order valence-corrected chi connectivity index (χ1v) is 9.20. The van der Waals surface area contributed by atoms with Crippen molar-refractivity contribution in [3.8, 4) is 5.75 Å². The van der Waals surface area contributed by atoms with E-state index in [0.717, 1.165) is 17.8 Å². The smallest absolute Gasteiger partial charge is 0.341 e. The number of anilines is 1. The molecule has 2 aromatic rings. The summed E-state index contributed by atoms with van der Waals surface area (Å²) in [7, 11) is 2.72. The largest absolute Gasteiger partial charge is 0.496 e. The highest BCUT2D eigenvalue weighted by Crippen LogP contribution is 2.34. The number of esters is 1. The lowest BCUT2D eigenvalue weighted by Gasteiger charge is -2.09. The third-order valence-electron chi connectivity index (χ3n) is 3.86. The van der Waals surface area contributed by atoms with Crippen LogP contribution in [0, 0.1) is 6.92 Å². The van der Waals surface area contributed by atoms with E-state index in [1.807, 2.05) is 6.92 Å². The lowest BCUT2D eigenvalue weighted by Crippen LogP contribution is -2.23. The molecule has 0 aliphatic rings. The lowest BCUT2D eigenvalue weighted by molar-refractivity contribution is 0.0601. The molecule has 1 heterocycles. The zero-order chi connectivity index (χ0) is 20.0. The zero-order valence-electron chi connectivity index (χ0n) is 15.7. The summed E-state index contributed by atoms with van der Waals surface area (Å²) < 4.78 is 10.0. The van der Waals surface area contributed by atoms with Crippen molar-refractivity contribution in [1.29, 1.82) is 0 Å². The van der Waals surface area contributed by atoms with Gasteiger partial charge in [0.15, 0.2) is 0 Å². The van der Waals surface area contributed by atoms with Gasteiger partial charge in [-0.1, -0.05) is 19.1 Å². The molecule has 0 fully saturated rings. The van der Waals surface area contributed by atoms with Gasteiger partial charge in [0.05, 0.1) is 30.2 Å². The van der Waals surface area contributed by atoms with Crippen LogP contribution in [-0.4, -0.2) is 38.5 Å². The minimum Gasteiger partial charge on any atom is -0.496 e. The number of rotatable bonds is 7. The number of thiophene rings is 1. The van der Waals surface area contributed by atoms with Gasteiger partial charge in [-0.2, -0.15) is 0 Å². The Hall–Kier alpha value is -2.87. The minimum absolute atomic E-state index is 0.174. The van der Waals surface area contributed by atoms with Crippen LogP contribution in [0.3, 0.4) is 0 Å². The molecule has 144 valence electrons. The van der Waals surface area contributed by atoms with E-state index < -0.39 is 11.9 Å². The van der Waals surface area contributed by atoms with E-state index in [1.165, 1.54) is 14.2 Å². The Morgan fingerprint density at radius 1 is 1.11 bits per heavy atom. The van der Waals surface area contributed by atoms with Crippen LogP contribution in [0.2, 0.25) is 0 Å². The molecule has 1 aromatic heterocycles. The van der Waals surface area contributed by atoms with Crippen molar-refractivity contribution in [1.82, 2.24) is 5.32 Å². The van der Waals surface area contributed by atoms with E-state index in [0.29, 0.717) is 28.3 Å². The van der Waals surface area contributed by atoms with Crippen molar-refractivity contribution in [2.75, 3.05) is 26.1 Å². The van der Waals surface area contributed by atoms with Crippen molar-refractivity contribution in [2.45, 2.75) is 20.3 Å². The van der Waals surface area contributed by atoms with Crippen LogP contribution in [0.15, 0.2) is 24.3 Å². The van der Waals surface area contributed by atoms with Gasteiger partial charge in [0.2, 0.25) is 0 Å². The fraction of sp³-hybridized carbons (Fsp3) is 0.316. The van der Waals surface area contributed by atoms with Gasteiger partial charge in [0.25, 0.3) is 11.8 Å². The Labute approximate surface area is 161 Å². The molecule has 2 amide bonds. The molecule has 2 N–H and O–H groups in total. The van der Waals surface area contributed by atoms with E-state index in [-0.39, 0.29) is 16.5 Å². The average Bonchev–Trinajstić information content (AvgIpc) is 3.01. The predicted molar refractivity (Wildman–Crippen MR) is 104 cm³/mol. The summed E-state index contributed by atoms with van der Waals surface area (Å²) in [5.41, 5.74) is 0.960. The second-order valence-corrected chi connectivity index (χ2v) is 6.68. The number of hydrogen-bond donors (Lipinski definition) is 2. The van der Waals surface area contributed by atoms with Crippen LogP contribution in [0.25, 0.3) is 0 Å². The summed E-state index contributed by atoms with van der Waals surface area (Å²) in [4.78, 5) is 37.6. The molecule has 1 aromatic carbocycles. The normalized spacial score (nSPS) is 10.2. The molecule has 2 rings (SSSR count). The van der Waals surface area contributed by atoms with Gasteiger partial charge >= 0.3 is 5.97 Å². The number of carbonyl (C=O) groups excluding carboxylic acids is 3. The number of hydrogen-bond acceptors (Lipinski definition) is 6. The van der Waals surface area contributed by atoms with Crippen LogP contribution < -0.4 is 15.4 Å². The number of para-hydroxylation sites is 1. The summed E-state index contributed by atoms with van der Waals surface area (Å²) in [6, 6.07) is 6.74.